The molecule has 0 fully saturated rings. The number of thiophene rings is 1. The fourth-order valence-corrected chi connectivity index (χ4v) is 2.59. The second-order valence-electron chi connectivity index (χ2n) is 2.92. The predicted molar refractivity (Wildman–Crippen MR) is 59.8 cm³/mol. The van der Waals surface area contributed by atoms with Crippen LogP contribution < -0.4 is 0 Å². The quantitative estimate of drug-likeness (QED) is 0.723. The van der Waals surface area contributed by atoms with E-state index < -0.39 is 10.0 Å². The maximum absolute atomic E-state index is 11.3. The van der Waals surface area contributed by atoms with Gasteiger partial charge in [-0.2, -0.15) is 4.31 Å². The average molecular weight is 231 g/mol. The van der Waals surface area contributed by atoms with E-state index in [9.17, 15) is 8.42 Å². The Morgan fingerprint density at radius 2 is 2.36 bits per heavy atom. The van der Waals surface area contributed by atoms with Gasteiger partial charge in [-0.15, -0.1) is 17.9 Å². The monoisotopic (exact) mass is 231 g/mol. The van der Waals surface area contributed by atoms with Crippen molar-refractivity contribution in [3.8, 4) is 0 Å². The highest BCUT2D eigenvalue weighted by Crippen LogP contribution is 2.13. The summed E-state index contributed by atoms with van der Waals surface area (Å²) in [6.45, 7) is 4.33. The van der Waals surface area contributed by atoms with E-state index >= 15 is 0 Å². The summed E-state index contributed by atoms with van der Waals surface area (Å²) < 4.78 is 24.1. The summed E-state index contributed by atoms with van der Waals surface area (Å²) in [5, 5.41) is 1.93. The maximum Gasteiger partial charge on any atom is 0.211 e. The number of hydrogen-bond donors (Lipinski definition) is 0. The van der Waals surface area contributed by atoms with E-state index in [2.05, 4.69) is 6.58 Å². The minimum absolute atomic E-state index is 0.358. The largest absolute Gasteiger partial charge is 0.212 e. The summed E-state index contributed by atoms with van der Waals surface area (Å²) in [5.41, 5.74) is 0. The number of sulfonamides is 1. The fourth-order valence-electron chi connectivity index (χ4n) is 1.04. The van der Waals surface area contributed by atoms with E-state index in [0.717, 1.165) is 4.88 Å². The van der Waals surface area contributed by atoms with Crippen molar-refractivity contribution >= 4 is 21.4 Å². The first-order valence-electron chi connectivity index (χ1n) is 4.12. The average Bonchev–Trinajstić information content (AvgIpc) is 2.54. The zero-order valence-corrected chi connectivity index (χ0v) is 9.64. The third kappa shape index (κ3) is 3.25. The lowest BCUT2D eigenvalue weighted by molar-refractivity contribution is 0.446. The molecule has 0 radical (unpaired) electrons. The van der Waals surface area contributed by atoms with Gasteiger partial charge in [-0.1, -0.05) is 12.1 Å². The molecule has 1 heterocycles. The number of hydrogen-bond acceptors (Lipinski definition) is 3. The molecule has 0 N–H and O–H groups in total. The normalized spacial score (nSPS) is 11.9. The summed E-state index contributed by atoms with van der Waals surface area (Å²) >= 11 is 1.55. The number of nitrogens with zero attached hydrogens (tertiary/aromatic N) is 1. The molecule has 0 aliphatic heterocycles. The lowest BCUT2D eigenvalue weighted by Crippen LogP contribution is -2.29. The second kappa shape index (κ2) is 4.72. The van der Waals surface area contributed by atoms with Crippen LogP contribution in [0.3, 0.4) is 0 Å². The van der Waals surface area contributed by atoms with Gasteiger partial charge in [0.05, 0.1) is 6.26 Å². The maximum atomic E-state index is 11.3. The zero-order valence-electron chi connectivity index (χ0n) is 8.01. The molecule has 0 bridgehead atoms. The van der Waals surface area contributed by atoms with Gasteiger partial charge in [0.25, 0.3) is 0 Å². The Morgan fingerprint density at radius 1 is 1.64 bits per heavy atom. The van der Waals surface area contributed by atoms with E-state index in [1.54, 1.807) is 17.4 Å². The predicted octanol–water partition coefficient (Wildman–Crippen LogP) is 1.70. The van der Waals surface area contributed by atoms with Gasteiger partial charge in [-0.25, -0.2) is 8.42 Å². The van der Waals surface area contributed by atoms with Crippen LogP contribution in [0.5, 0.6) is 0 Å². The van der Waals surface area contributed by atoms with Crippen molar-refractivity contribution in [1.82, 2.24) is 4.31 Å². The molecule has 1 rings (SSSR count). The smallest absolute Gasteiger partial charge is 0.211 e. The molecule has 1 aromatic heterocycles. The Balaban J connectivity index is 2.75. The van der Waals surface area contributed by atoms with Crippen molar-refractivity contribution in [2.75, 3.05) is 12.8 Å². The van der Waals surface area contributed by atoms with E-state index in [1.165, 1.54) is 10.6 Å². The minimum Gasteiger partial charge on any atom is -0.212 e. The van der Waals surface area contributed by atoms with Crippen molar-refractivity contribution in [2.24, 2.45) is 0 Å². The van der Waals surface area contributed by atoms with Gasteiger partial charge < -0.3 is 0 Å². The number of rotatable bonds is 5. The summed E-state index contributed by atoms with van der Waals surface area (Å²) in [6.07, 6.45) is 2.80. The van der Waals surface area contributed by atoms with Crippen molar-refractivity contribution < 1.29 is 8.42 Å². The van der Waals surface area contributed by atoms with Crippen LogP contribution in [-0.4, -0.2) is 25.5 Å². The lowest BCUT2D eigenvalue weighted by atomic mass is 10.4. The lowest BCUT2D eigenvalue weighted by Gasteiger charge is -2.16. The molecule has 0 aliphatic carbocycles. The Bertz CT molecular complexity index is 381. The standard InChI is InChI=1S/C9H13NO2S2/c1-3-6-10(14(2,11)12)8-9-5-4-7-13-9/h3-5,7H,1,6,8H2,2H3. The van der Waals surface area contributed by atoms with Crippen LogP contribution in [0.2, 0.25) is 0 Å². The van der Waals surface area contributed by atoms with Crippen LogP contribution in [0, 0.1) is 0 Å². The van der Waals surface area contributed by atoms with E-state index in [0.29, 0.717) is 13.1 Å². The Labute approximate surface area is 88.7 Å². The Hall–Kier alpha value is -0.650. The van der Waals surface area contributed by atoms with Gasteiger partial charge in [0, 0.05) is 18.0 Å². The molecule has 0 amide bonds. The summed E-state index contributed by atoms with van der Waals surface area (Å²) in [4.78, 5) is 1.04. The minimum atomic E-state index is -3.13. The zero-order chi connectivity index (χ0) is 10.6. The molecule has 0 spiro atoms. The first kappa shape index (κ1) is 11.4. The Morgan fingerprint density at radius 3 is 2.79 bits per heavy atom. The molecule has 0 saturated heterocycles. The molecule has 5 heteroatoms. The molecular formula is C9H13NO2S2. The van der Waals surface area contributed by atoms with Crippen LogP contribution in [0.1, 0.15) is 4.88 Å². The first-order chi connectivity index (χ1) is 6.54. The SMILES string of the molecule is C=CCN(Cc1cccs1)S(C)(=O)=O. The van der Waals surface area contributed by atoms with Gasteiger partial charge >= 0.3 is 0 Å². The van der Waals surface area contributed by atoms with Crippen LogP contribution in [0.15, 0.2) is 30.2 Å². The van der Waals surface area contributed by atoms with Gasteiger partial charge in [0.2, 0.25) is 10.0 Å². The summed E-state index contributed by atoms with van der Waals surface area (Å²) in [5.74, 6) is 0. The highest BCUT2D eigenvalue weighted by molar-refractivity contribution is 7.88. The van der Waals surface area contributed by atoms with E-state index in [4.69, 9.17) is 0 Å². The van der Waals surface area contributed by atoms with Gasteiger partial charge in [-0.05, 0) is 11.4 Å². The Kier molecular flexibility index (Phi) is 3.86. The first-order valence-corrected chi connectivity index (χ1v) is 6.85. The molecule has 78 valence electrons. The molecule has 0 saturated carbocycles. The topological polar surface area (TPSA) is 37.4 Å². The van der Waals surface area contributed by atoms with Gasteiger partial charge in [-0.3, -0.25) is 0 Å². The summed E-state index contributed by atoms with van der Waals surface area (Å²) in [7, 11) is -3.13. The van der Waals surface area contributed by atoms with Crippen LogP contribution in [-0.2, 0) is 16.6 Å². The van der Waals surface area contributed by atoms with Crippen molar-refractivity contribution in [3.05, 3.63) is 35.0 Å². The molecule has 0 atom stereocenters. The third-order valence-electron chi connectivity index (χ3n) is 1.71. The molecule has 0 aromatic carbocycles. The third-order valence-corrected chi connectivity index (χ3v) is 3.79. The molecule has 0 unspecified atom stereocenters. The van der Waals surface area contributed by atoms with Gasteiger partial charge in [0.1, 0.15) is 0 Å². The molecule has 0 aliphatic rings. The van der Waals surface area contributed by atoms with Crippen molar-refractivity contribution in [1.29, 1.82) is 0 Å². The van der Waals surface area contributed by atoms with E-state index in [1.807, 2.05) is 17.5 Å². The van der Waals surface area contributed by atoms with Crippen molar-refractivity contribution in [2.45, 2.75) is 6.54 Å². The molecule has 1 aromatic rings. The molecular weight excluding hydrogens is 218 g/mol. The van der Waals surface area contributed by atoms with E-state index in [-0.39, 0.29) is 0 Å². The van der Waals surface area contributed by atoms with Crippen LogP contribution in [0.25, 0.3) is 0 Å². The van der Waals surface area contributed by atoms with Crippen LogP contribution >= 0.6 is 11.3 Å². The molecule has 14 heavy (non-hydrogen) atoms. The summed E-state index contributed by atoms with van der Waals surface area (Å²) in [6, 6.07) is 3.83. The molecule has 3 nitrogen and oxygen atoms in total. The highest BCUT2D eigenvalue weighted by Gasteiger charge is 2.15. The van der Waals surface area contributed by atoms with Crippen LogP contribution in [0.4, 0.5) is 0 Å². The second-order valence-corrected chi connectivity index (χ2v) is 5.94. The fraction of sp³-hybridized carbons (Fsp3) is 0.333. The van der Waals surface area contributed by atoms with Gasteiger partial charge in [0.15, 0.2) is 0 Å². The van der Waals surface area contributed by atoms with Crippen molar-refractivity contribution in [3.63, 3.8) is 0 Å². The highest BCUT2D eigenvalue weighted by atomic mass is 32.2.